The van der Waals surface area contributed by atoms with Gasteiger partial charge in [0.15, 0.2) is 0 Å². The van der Waals surface area contributed by atoms with Gasteiger partial charge in [-0.15, -0.1) is 13.2 Å². The van der Waals surface area contributed by atoms with Crippen LogP contribution < -0.4 is 10.1 Å². The minimum absolute atomic E-state index is 0.0550. The van der Waals surface area contributed by atoms with Crippen molar-refractivity contribution in [3.05, 3.63) is 58.9 Å². The zero-order valence-corrected chi connectivity index (χ0v) is 22.6. The van der Waals surface area contributed by atoms with Crippen LogP contribution in [0.15, 0.2) is 42.5 Å². The van der Waals surface area contributed by atoms with E-state index in [2.05, 4.69) is 26.9 Å². The highest BCUT2D eigenvalue weighted by molar-refractivity contribution is 6.31. The summed E-state index contributed by atoms with van der Waals surface area (Å²) in [5.41, 5.74) is 0.970. The first kappa shape index (κ1) is 28.0. The van der Waals surface area contributed by atoms with Crippen molar-refractivity contribution < 1.29 is 27.1 Å². The fraction of sp³-hybridized carbons (Fsp3) is 0.536. The lowest BCUT2D eigenvalue weighted by atomic mass is 9.93. The van der Waals surface area contributed by atoms with Gasteiger partial charge in [0, 0.05) is 49.9 Å². The Morgan fingerprint density at radius 2 is 1.95 bits per heavy atom. The first-order valence-corrected chi connectivity index (χ1v) is 13.7. The molecule has 2 aliphatic carbocycles. The molecule has 0 spiro atoms. The number of benzene rings is 2. The maximum absolute atomic E-state index is 13.7. The minimum Gasteiger partial charge on any atom is -0.406 e. The van der Waals surface area contributed by atoms with Crippen molar-refractivity contribution in [2.24, 2.45) is 5.92 Å². The molecule has 1 saturated heterocycles. The van der Waals surface area contributed by atoms with E-state index in [9.17, 15) is 22.4 Å². The summed E-state index contributed by atoms with van der Waals surface area (Å²) in [5.74, 6) is -0.641. The second kappa shape index (κ2) is 11.1. The fourth-order valence-electron chi connectivity index (χ4n) is 6.31. The smallest absolute Gasteiger partial charge is 0.406 e. The molecule has 0 bridgehead atoms. The monoisotopic (exact) mass is 568 g/mol. The quantitative estimate of drug-likeness (QED) is 0.399. The van der Waals surface area contributed by atoms with Crippen LogP contribution in [0, 0.1) is 11.7 Å². The molecule has 6 nitrogen and oxygen atoms in total. The third-order valence-corrected chi connectivity index (χ3v) is 8.72. The number of alkyl halides is 3. The summed E-state index contributed by atoms with van der Waals surface area (Å²) in [6.07, 6.45) is -1.62. The van der Waals surface area contributed by atoms with Crippen LogP contribution in [0.3, 0.4) is 0 Å². The van der Waals surface area contributed by atoms with Gasteiger partial charge in [-0.3, -0.25) is 0 Å². The Morgan fingerprint density at radius 1 is 1.18 bits per heavy atom. The van der Waals surface area contributed by atoms with Crippen LogP contribution in [-0.2, 0) is 5.41 Å². The van der Waals surface area contributed by atoms with Gasteiger partial charge in [0.2, 0.25) is 0 Å². The zero-order valence-electron chi connectivity index (χ0n) is 21.8. The van der Waals surface area contributed by atoms with Crippen LogP contribution in [0.2, 0.25) is 5.02 Å². The van der Waals surface area contributed by atoms with Crippen molar-refractivity contribution in [2.75, 3.05) is 51.6 Å². The molecular weight excluding hydrogens is 536 g/mol. The molecule has 1 N–H and O–H groups in total. The number of amides is 2. The van der Waals surface area contributed by atoms with Gasteiger partial charge in [-0.2, -0.15) is 0 Å². The molecule has 2 aromatic rings. The van der Waals surface area contributed by atoms with Gasteiger partial charge in [0.1, 0.15) is 11.6 Å². The molecule has 3 fully saturated rings. The number of hydrogen-bond acceptors (Lipinski definition) is 4. The summed E-state index contributed by atoms with van der Waals surface area (Å²) < 4.78 is 56.2. The molecule has 1 aliphatic heterocycles. The summed E-state index contributed by atoms with van der Waals surface area (Å²) in [5, 5.41) is 2.81. The maximum Gasteiger partial charge on any atom is 0.573 e. The van der Waals surface area contributed by atoms with Gasteiger partial charge < -0.3 is 24.8 Å². The molecular formula is C28H33ClF4N4O2. The Kier molecular flexibility index (Phi) is 7.99. The third kappa shape index (κ3) is 6.44. The number of carbonyl (C=O) groups is 1. The summed E-state index contributed by atoms with van der Waals surface area (Å²) in [7, 11) is 2.11. The lowest BCUT2D eigenvalue weighted by Gasteiger charge is -2.34. The van der Waals surface area contributed by atoms with E-state index in [-0.39, 0.29) is 34.2 Å². The number of nitrogens with zero attached hydrogens (tertiary/aromatic N) is 3. The van der Waals surface area contributed by atoms with Gasteiger partial charge in [0.05, 0.1) is 5.02 Å². The van der Waals surface area contributed by atoms with Crippen LogP contribution in [-0.4, -0.2) is 79.5 Å². The topological polar surface area (TPSA) is 48.0 Å². The highest BCUT2D eigenvalue weighted by atomic mass is 35.5. The minimum atomic E-state index is -4.75. The van der Waals surface area contributed by atoms with E-state index in [0.29, 0.717) is 12.2 Å². The number of anilines is 1. The SMILES string of the molecule is CN1CCN(CCCN(C(=O)Nc2ccc(F)c(Cl)c2)[C@@H]2CC[C@]3(c4cccc(OC(F)(F)F)c4)C[C@H]23)CC1. The predicted octanol–water partition coefficient (Wildman–Crippen LogP) is 5.97. The van der Waals surface area contributed by atoms with Crippen molar-refractivity contribution in [1.82, 2.24) is 14.7 Å². The summed E-state index contributed by atoms with van der Waals surface area (Å²) in [6.45, 7) is 5.42. The second-order valence-electron chi connectivity index (χ2n) is 10.9. The van der Waals surface area contributed by atoms with Gasteiger partial charge in [-0.05, 0) is 81.1 Å². The highest BCUT2D eigenvalue weighted by Crippen LogP contribution is 2.65. The van der Waals surface area contributed by atoms with E-state index >= 15 is 0 Å². The molecule has 0 aromatic heterocycles. The average molecular weight is 569 g/mol. The molecule has 3 aliphatic rings. The van der Waals surface area contributed by atoms with E-state index in [1.54, 1.807) is 6.07 Å². The molecule has 0 unspecified atom stereocenters. The number of carbonyl (C=O) groups excluding carboxylic acids is 1. The van der Waals surface area contributed by atoms with E-state index in [1.165, 1.54) is 30.3 Å². The second-order valence-corrected chi connectivity index (χ2v) is 11.3. The number of hydrogen-bond donors (Lipinski definition) is 1. The lowest BCUT2D eigenvalue weighted by Crippen LogP contribution is -2.47. The first-order chi connectivity index (χ1) is 18.5. The molecule has 2 aromatic carbocycles. The molecule has 2 saturated carbocycles. The van der Waals surface area contributed by atoms with Crippen molar-refractivity contribution in [3.63, 3.8) is 0 Å². The van der Waals surface area contributed by atoms with Gasteiger partial charge >= 0.3 is 12.4 Å². The van der Waals surface area contributed by atoms with E-state index < -0.39 is 12.2 Å². The average Bonchev–Trinajstić information content (AvgIpc) is 3.50. The van der Waals surface area contributed by atoms with Crippen molar-refractivity contribution in [3.8, 4) is 5.75 Å². The Morgan fingerprint density at radius 3 is 2.64 bits per heavy atom. The Hall–Kier alpha value is -2.56. The van der Waals surface area contributed by atoms with Gasteiger partial charge in [-0.1, -0.05) is 23.7 Å². The normalized spacial score (nSPS) is 25.3. The third-order valence-electron chi connectivity index (χ3n) is 8.43. The number of piperazine rings is 1. The molecule has 0 radical (unpaired) electrons. The lowest BCUT2D eigenvalue weighted by molar-refractivity contribution is -0.274. The molecule has 39 heavy (non-hydrogen) atoms. The summed E-state index contributed by atoms with van der Waals surface area (Å²) in [4.78, 5) is 20.1. The molecule has 11 heteroatoms. The zero-order chi connectivity index (χ0) is 27.8. The van der Waals surface area contributed by atoms with Crippen molar-refractivity contribution in [1.29, 1.82) is 0 Å². The number of fused-ring (bicyclic) bond motifs is 1. The Balaban J connectivity index is 1.30. The predicted molar refractivity (Wildman–Crippen MR) is 142 cm³/mol. The van der Waals surface area contributed by atoms with Gasteiger partial charge in [-0.25, -0.2) is 9.18 Å². The maximum atomic E-state index is 13.7. The molecule has 5 rings (SSSR count). The summed E-state index contributed by atoms with van der Waals surface area (Å²) >= 11 is 5.92. The van der Waals surface area contributed by atoms with E-state index in [1.807, 2.05) is 11.0 Å². The number of urea groups is 1. The number of rotatable bonds is 8. The van der Waals surface area contributed by atoms with E-state index in [4.69, 9.17) is 11.6 Å². The molecule has 212 valence electrons. The number of nitrogens with one attached hydrogen (secondary N) is 1. The molecule has 2 amide bonds. The number of ether oxygens (including phenoxy) is 1. The largest absolute Gasteiger partial charge is 0.573 e. The van der Waals surface area contributed by atoms with Crippen LogP contribution in [0.1, 0.15) is 31.2 Å². The highest BCUT2D eigenvalue weighted by Gasteiger charge is 2.64. The molecule has 1 heterocycles. The van der Waals surface area contributed by atoms with Gasteiger partial charge in [0.25, 0.3) is 0 Å². The first-order valence-electron chi connectivity index (χ1n) is 13.3. The fourth-order valence-corrected chi connectivity index (χ4v) is 6.49. The Bertz CT molecular complexity index is 1190. The summed E-state index contributed by atoms with van der Waals surface area (Å²) in [6, 6.07) is 9.98. The Labute approximate surface area is 230 Å². The number of halogens is 5. The van der Waals surface area contributed by atoms with Crippen LogP contribution in [0.4, 0.5) is 28.0 Å². The number of likely N-dealkylation sites (N-methyl/N-ethyl adjacent to an activating group) is 1. The van der Waals surface area contributed by atoms with Crippen LogP contribution in [0.25, 0.3) is 0 Å². The van der Waals surface area contributed by atoms with Crippen molar-refractivity contribution >= 4 is 23.3 Å². The molecule has 3 atom stereocenters. The standard InChI is InChI=1S/C28H33ClF4N4O2/c1-35-12-14-36(15-13-35)10-3-11-37(26(38)34-20-6-7-24(30)23(29)17-20)25-8-9-27(18-22(25)27)19-4-2-5-21(16-19)39-28(31,32)33/h2,4-7,16-17,22,25H,3,8-15,18H2,1H3,(H,34,38)/t22-,25-,27-/m1/s1. The van der Waals surface area contributed by atoms with Crippen LogP contribution >= 0.6 is 11.6 Å². The van der Waals surface area contributed by atoms with Crippen molar-refractivity contribution in [2.45, 2.75) is 43.5 Å². The van der Waals surface area contributed by atoms with E-state index in [0.717, 1.165) is 64.0 Å². The van der Waals surface area contributed by atoms with Crippen LogP contribution in [0.5, 0.6) is 5.75 Å².